The molecule has 1 aromatic rings. The van der Waals surface area contributed by atoms with Gasteiger partial charge in [0.15, 0.2) is 0 Å². The first-order valence-electron chi connectivity index (χ1n) is 7.88. The molecule has 23 heavy (non-hydrogen) atoms. The Morgan fingerprint density at radius 1 is 1.13 bits per heavy atom. The molecule has 0 atom stereocenters. The van der Waals surface area contributed by atoms with Crippen LogP contribution in [0.1, 0.15) is 38.2 Å². The standard InChI is InChI=1S/C19H25NO3/c1-16(12-13-17-9-5-3-6-10-17)15-18(21)20-14-8-4-7-11-19(22)23-2/h3,5-6,9-10,12-13,15H,4,7-8,11,14H2,1-2H3,(H,20,21). The number of rotatable bonds is 9. The van der Waals surface area contributed by atoms with E-state index in [0.29, 0.717) is 13.0 Å². The number of hydrogen-bond donors (Lipinski definition) is 1. The van der Waals surface area contributed by atoms with Gasteiger partial charge < -0.3 is 10.1 Å². The van der Waals surface area contributed by atoms with Gasteiger partial charge in [0, 0.05) is 19.0 Å². The number of amides is 1. The zero-order valence-corrected chi connectivity index (χ0v) is 13.9. The molecule has 0 aromatic heterocycles. The summed E-state index contributed by atoms with van der Waals surface area (Å²) >= 11 is 0. The maximum Gasteiger partial charge on any atom is 0.305 e. The summed E-state index contributed by atoms with van der Waals surface area (Å²) in [5.74, 6) is -0.272. The first-order chi connectivity index (χ1) is 11.1. The number of carbonyl (C=O) groups is 2. The Kier molecular flexibility index (Phi) is 9.13. The molecule has 1 aromatic carbocycles. The van der Waals surface area contributed by atoms with Crippen molar-refractivity contribution in [2.45, 2.75) is 32.6 Å². The number of unbranched alkanes of at least 4 members (excludes halogenated alkanes) is 2. The van der Waals surface area contributed by atoms with Crippen LogP contribution >= 0.6 is 0 Å². The zero-order chi connectivity index (χ0) is 16.9. The fraction of sp³-hybridized carbons (Fsp3) is 0.368. The second-order valence-corrected chi connectivity index (χ2v) is 5.31. The number of esters is 1. The quantitative estimate of drug-likeness (QED) is 0.328. The molecule has 0 radical (unpaired) electrons. The zero-order valence-electron chi connectivity index (χ0n) is 13.9. The van der Waals surface area contributed by atoms with Gasteiger partial charge in [-0.15, -0.1) is 0 Å². The molecular weight excluding hydrogens is 290 g/mol. The van der Waals surface area contributed by atoms with E-state index in [1.807, 2.05) is 49.4 Å². The first kappa shape index (κ1) is 18.7. The second kappa shape index (κ2) is 11.2. The van der Waals surface area contributed by atoms with Crippen molar-refractivity contribution in [1.82, 2.24) is 5.32 Å². The maximum atomic E-state index is 11.8. The number of benzene rings is 1. The van der Waals surface area contributed by atoms with Crippen LogP contribution < -0.4 is 5.32 Å². The molecule has 0 aliphatic rings. The molecule has 0 spiro atoms. The number of carbonyl (C=O) groups excluding carboxylic acids is 2. The van der Waals surface area contributed by atoms with E-state index in [-0.39, 0.29) is 11.9 Å². The molecule has 0 saturated carbocycles. The fourth-order valence-electron chi connectivity index (χ4n) is 1.98. The molecule has 0 unspecified atom stereocenters. The van der Waals surface area contributed by atoms with Crippen LogP contribution in [0, 0.1) is 0 Å². The Balaban J connectivity index is 2.21. The van der Waals surface area contributed by atoms with Crippen LogP contribution in [-0.4, -0.2) is 25.5 Å². The molecular formula is C19H25NO3. The SMILES string of the molecule is COC(=O)CCCCCNC(=O)C=C(C)C=Cc1ccccc1. The van der Waals surface area contributed by atoms with Crippen LogP contribution in [0.4, 0.5) is 0 Å². The Hall–Kier alpha value is -2.36. The van der Waals surface area contributed by atoms with Crippen molar-refractivity contribution in [2.24, 2.45) is 0 Å². The van der Waals surface area contributed by atoms with Gasteiger partial charge in [-0.25, -0.2) is 0 Å². The highest BCUT2D eigenvalue weighted by atomic mass is 16.5. The monoisotopic (exact) mass is 315 g/mol. The van der Waals surface area contributed by atoms with Crippen molar-refractivity contribution in [3.63, 3.8) is 0 Å². The average molecular weight is 315 g/mol. The summed E-state index contributed by atoms with van der Waals surface area (Å²) in [5, 5.41) is 2.85. The number of ether oxygens (including phenoxy) is 1. The van der Waals surface area contributed by atoms with Crippen LogP contribution in [0.15, 0.2) is 48.1 Å². The number of nitrogens with one attached hydrogen (secondary N) is 1. The van der Waals surface area contributed by atoms with E-state index in [2.05, 4.69) is 10.1 Å². The molecule has 0 heterocycles. The number of allylic oxidation sites excluding steroid dienone is 2. The highest BCUT2D eigenvalue weighted by Gasteiger charge is 2.00. The van der Waals surface area contributed by atoms with Gasteiger partial charge in [-0.3, -0.25) is 9.59 Å². The van der Waals surface area contributed by atoms with Gasteiger partial charge in [-0.2, -0.15) is 0 Å². The van der Waals surface area contributed by atoms with Crippen LogP contribution in [0.25, 0.3) is 6.08 Å². The Morgan fingerprint density at radius 2 is 1.87 bits per heavy atom. The largest absolute Gasteiger partial charge is 0.469 e. The lowest BCUT2D eigenvalue weighted by Crippen LogP contribution is -2.22. The van der Waals surface area contributed by atoms with Gasteiger partial charge in [0.05, 0.1) is 7.11 Å². The molecule has 0 saturated heterocycles. The molecule has 0 fully saturated rings. The van der Waals surface area contributed by atoms with E-state index in [1.165, 1.54) is 7.11 Å². The van der Waals surface area contributed by atoms with E-state index in [0.717, 1.165) is 30.4 Å². The normalized spacial score (nSPS) is 11.5. The minimum atomic E-state index is -0.183. The van der Waals surface area contributed by atoms with Crippen LogP contribution in [0.3, 0.4) is 0 Å². The highest BCUT2D eigenvalue weighted by Crippen LogP contribution is 2.04. The van der Waals surface area contributed by atoms with E-state index in [4.69, 9.17) is 0 Å². The third-order valence-corrected chi connectivity index (χ3v) is 3.28. The highest BCUT2D eigenvalue weighted by molar-refractivity contribution is 5.88. The fourth-order valence-corrected chi connectivity index (χ4v) is 1.98. The molecule has 4 nitrogen and oxygen atoms in total. The summed E-state index contributed by atoms with van der Waals surface area (Å²) in [7, 11) is 1.39. The van der Waals surface area contributed by atoms with Crippen LogP contribution in [-0.2, 0) is 14.3 Å². The van der Waals surface area contributed by atoms with E-state index < -0.39 is 0 Å². The second-order valence-electron chi connectivity index (χ2n) is 5.31. The summed E-state index contributed by atoms with van der Waals surface area (Å²) in [6, 6.07) is 9.95. The minimum Gasteiger partial charge on any atom is -0.469 e. The van der Waals surface area contributed by atoms with Crippen LogP contribution in [0.5, 0.6) is 0 Å². The topological polar surface area (TPSA) is 55.4 Å². The van der Waals surface area contributed by atoms with E-state index in [1.54, 1.807) is 6.08 Å². The van der Waals surface area contributed by atoms with Crippen molar-refractivity contribution < 1.29 is 14.3 Å². The Bertz CT molecular complexity index is 547. The molecule has 1 N–H and O–H groups in total. The van der Waals surface area contributed by atoms with Crippen molar-refractivity contribution in [3.05, 3.63) is 53.6 Å². The van der Waals surface area contributed by atoms with Gasteiger partial charge >= 0.3 is 5.97 Å². The number of methoxy groups -OCH3 is 1. The summed E-state index contributed by atoms with van der Waals surface area (Å²) in [6.45, 7) is 2.52. The molecule has 1 amide bonds. The lowest BCUT2D eigenvalue weighted by molar-refractivity contribution is -0.140. The van der Waals surface area contributed by atoms with Crippen molar-refractivity contribution >= 4 is 18.0 Å². The summed E-state index contributed by atoms with van der Waals surface area (Å²) < 4.78 is 4.57. The minimum absolute atomic E-state index is 0.0896. The molecule has 0 bridgehead atoms. The molecule has 0 aliphatic carbocycles. The van der Waals surface area contributed by atoms with E-state index in [9.17, 15) is 9.59 Å². The number of hydrogen-bond acceptors (Lipinski definition) is 3. The molecule has 0 aliphatic heterocycles. The van der Waals surface area contributed by atoms with Gasteiger partial charge in [0.1, 0.15) is 0 Å². The van der Waals surface area contributed by atoms with Crippen molar-refractivity contribution in [3.8, 4) is 0 Å². The predicted molar refractivity (Wildman–Crippen MR) is 92.7 cm³/mol. The first-order valence-corrected chi connectivity index (χ1v) is 7.88. The van der Waals surface area contributed by atoms with Crippen molar-refractivity contribution in [2.75, 3.05) is 13.7 Å². The Labute approximate surface area is 138 Å². The van der Waals surface area contributed by atoms with Gasteiger partial charge in [-0.1, -0.05) is 48.9 Å². The van der Waals surface area contributed by atoms with Gasteiger partial charge in [0.2, 0.25) is 5.91 Å². The summed E-state index contributed by atoms with van der Waals surface area (Å²) in [4.78, 5) is 22.7. The lowest BCUT2D eigenvalue weighted by atomic mass is 10.1. The van der Waals surface area contributed by atoms with Crippen molar-refractivity contribution in [1.29, 1.82) is 0 Å². The predicted octanol–water partition coefficient (Wildman–Crippen LogP) is 3.50. The third-order valence-electron chi connectivity index (χ3n) is 3.28. The average Bonchev–Trinajstić information content (AvgIpc) is 2.56. The molecule has 1 rings (SSSR count). The lowest BCUT2D eigenvalue weighted by Gasteiger charge is -2.03. The summed E-state index contributed by atoms with van der Waals surface area (Å²) in [6.07, 6.45) is 8.47. The Morgan fingerprint density at radius 3 is 2.57 bits per heavy atom. The maximum absolute atomic E-state index is 11.8. The third kappa shape index (κ3) is 9.30. The van der Waals surface area contributed by atoms with Gasteiger partial charge in [0.25, 0.3) is 0 Å². The molecule has 4 heteroatoms. The molecule has 124 valence electrons. The summed E-state index contributed by atoms with van der Waals surface area (Å²) in [5.41, 5.74) is 2.00. The van der Waals surface area contributed by atoms with Crippen LogP contribution in [0.2, 0.25) is 0 Å². The smallest absolute Gasteiger partial charge is 0.305 e. The van der Waals surface area contributed by atoms with E-state index >= 15 is 0 Å². The van der Waals surface area contributed by atoms with Gasteiger partial charge in [-0.05, 0) is 30.9 Å².